The van der Waals surface area contributed by atoms with Crippen molar-refractivity contribution < 1.29 is 9.53 Å². The number of nitrogens with zero attached hydrogens (tertiary/aromatic N) is 3. The van der Waals surface area contributed by atoms with Gasteiger partial charge in [-0.1, -0.05) is 36.4 Å². The zero-order chi connectivity index (χ0) is 19.3. The highest BCUT2D eigenvalue weighted by Crippen LogP contribution is 2.19. The number of hydrogen-bond donors (Lipinski definition) is 1. The van der Waals surface area contributed by atoms with Crippen LogP contribution in [0.15, 0.2) is 54.9 Å². The third-order valence-electron chi connectivity index (χ3n) is 5.26. The first-order valence-electron chi connectivity index (χ1n) is 9.81. The molecule has 0 radical (unpaired) electrons. The van der Waals surface area contributed by atoms with Crippen molar-refractivity contribution in [2.45, 2.75) is 19.4 Å². The molecule has 0 bridgehead atoms. The molecule has 6 heteroatoms. The Morgan fingerprint density at radius 1 is 1.18 bits per heavy atom. The minimum absolute atomic E-state index is 0.0533. The quantitative estimate of drug-likeness (QED) is 0.717. The largest absolute Gasteiger partial charge is 0.379 e. The lowest BCUT2D eigenvalue weighted by atomic mass is 10.0. The summed E-state index contributed by atoms with van der Waals surface area (Å²) < 4.78 is 7.33. The van der Waals surface area contributed by atoms with Gasteiger partial charge in [0, 0.05) is 32.0 Å². The molecular formula is C22H26N4O2. The zero-order valence-corrected chi connectivity index (χ0v) is 16.2. The van der Waals surface area contributed by atoms with Gasteiger partial charge in [-0.05, 0) is 30.5 Å². The molecule has 6 nitrogen and oxygen atoms in total. The van der Waals surface area contributed by atoms with Crippen LogP contribution in [0.5, 0.6) is 0 Å². The van der Waals surface area contributed by atoms with Crippen LogP contribution in [0, 0.1) is 6.92 Å². The van der Waals surface area contributed by atoms with E-state index in [1.165, 1.54) is 0 Å². The van der Waals surface area contributed by atoms with E-state index < -0.39 is 0 Å². The number of aryl methyl sites for hydroxylation is 1. The van der Waals surface area contributed by atoms with Crippen LogP contribution in [0.25, 0.3) is 5.65 Å². The van der Waals surface area contributed by atoms with E-state index in [2.05, 4.69) is 27.3 Å². The van der Waals surface area contributed by atoms with Crippen LogP contribution in [-0.2, 0) is 4.74 Å². The molecule has 1 aliphatic heterocycles. The van der Waals surface area contributed by atoms with E-state index in [0.29, 0.717) is 5.69 Å². The number of nitrogens with one attached hydrogen (secondary N) is 1. The molecule has 4 rings (SSSR count). The second-order valence-corrected chi connectivity index (χ2v) is 7.23. The van der Waals surface area contributed by atoms with Gasteiger partial charge in [-0.25, -0.2) is 4.98 Å². The summed E-state index contributed by atoms with van der Waals surface area (Å²) in [7, 11) is 0. The predicted octanol–water partition coefficient (Wildman–Crippen LogP) is 2.84. The fourth-order valence-electron chi connectivity index (χ4n) is 3.64. The summed E-state index contributed by atoms with van der Waals surface area (Å²) in [6.07, 6.45) is 4.56. The van der Waals surface area contributed by atoms with Gasteiger partial charge in [-0.2, -0.15) is 0 Å². The van der Waals surface area contributed by atoms with Gasteiger partial charge >= 0.3 is 0 Å². The zero-order valence-electron chi connectivity index (χ0n) is 16.2. The molecule has 1 fully saturated rings. The van der Waals surface area contributed by atoms with Crippen molar-refractivity contribution in [1.82, 2.24) is 19.6 Å². The van der Waals surface area contributed by atoms with Crippen LogP contribution >= 0.6 is 0 Å². The minimum atomic E-state index is -0.140. The Morgan fingerprint density at radius 3 is 2.71 bits per heavy atom. The van der Waals surface area contributed by atoms with E-state index in [9.17, 15) is 4.79 Å². The molecule has 28 heavy (non-hydrogen) atoms. The van der Waals surface area contributed by atoms with E-state index in [4.69, 9.17) is 4.74 Å². The number of pyridine rings is 1. The first-order valence-corrected chi connectivity index (χ1v) is 9.81. The average Bonchev–Trinajstić information content (AvgIpc) is 3.18. The third kappa shape index (κ3) is 4.24. The highest BCUT2D eigenvalue weighted by Gasteiger charge is 2.20. The molecule has 146 valence electrons. The third-order valence-corrected chi connectivity index (χ3v) is 5.26. The monoisotopic (exact) mass is 378 g/mol. The fraction of sp³-hybridized carbons (Fsp3) is 0.364. The van der Waals surface area contributed by atoms with E-state index in [1.807, 2.05) is 47.9 Å². The van der Waals surface area contributed by atoms with Gasteiger partial charge in [0.1, 0.15) is 11.3 Å². The molecule has 0 saturated carbocycles. The van der Waals surface area contributed by atoms with Crippen molar-refractivity contribution in [3.8, 4) is 0 Å². The highest BCUT2D eigenvalue weighted by molar-refractivity contribution is 5.93. The van der Waals surface area contributed by atoms with Crippen LogP contribution in [0.2, 0.25) is 0 Å². The van der Waals surface area contributed by atoms with E-state index in [1.54, 1.807) is 6.20 Å². The van der Waals surface area contributed by atoms with E-state index >= 15 is 0 Å². The van der Waals surface area contributed by atoms with E-state index in [0.717, 1.165) is 56.0 Å². The van der Waals surface area contributed by atoms with Gasteiger partial charge in [0.05, 0.1) is 19.3 Å². The molecule has 1 aromatic carbocycles. The van der Waals surface area contributed by atoms with Gasteiger partial charge in [0.15, 0.2) is 0 Å². The Balaban J connectivity index is 1.50. The number of fused-ring (bicyclic) bond motifs is 1. The average molecular weight is 378 g/mol. The summed E-state index contributed by atoms with van der Waals surface area (Å²) in [6.45, 7) is 6.38. The molecule has 0 aliphatic carbocycles. The summed E-state index contributed by atoms with van der Waals surface area (Å²) in [5, 5.41) is 3.20. The summed E-state index contributed by atoms with van der Waals surface area (Å²) in [6, 6.07) is 14.1. The molecule has 1 aliphatic rings. The Morgan fingerprint density at radius 2 is 1.96 bits per heavy atom. The SMILES string of the molecule is Cc1cccn2cc(C(=O)N[C@@H](CCN3CCOCC3)c3ccccc3)nc12. The van der Waals surface area contributed by atoms with Crippen molar-refractivity contribution in [3.63, 3.8) is 0 Å². The fourth-order valence-corrected chi connectivity index (χ4v) is 3.64. The summed E-state index contributed by atoms with van der Waals surface area (Å²) in [5.41, 5.74) is 3.43. The van der Waals surface area contributed by atoms with Gasteiger partial charge in [0.25, 0.3) is 5.91 Å². The van der Waals surface area contributed by atoms with Crippen molar-refractivity contribution in [3.05, 3.63) is 71.7 Å². The normalized spacial score (nSPS) is 16.2. The van der Waals surface area contributed by atoms with Crippen LogP contribution in [0.4, 0.5) is 0 Å². The number of benzene rings is 1. The number of morpholine rings is 1. The summed E-state index contributed by atoms with van der Waals surface area (Å²) in [5.74, 6) is -0.140. The number of hydrogen-bond acceptors (Lipinski definition) is 4. The molecule has 3 heterocycles. The van der Waals surface area contributed by atoms with Crippen molar-refractivity contribution in [1.29, 1.82) is 0 Å². The Hall–Kier alpha value is -2.70. The van der Waals surface area contributed by atoms with Crippen LogP contribution < -0.4 is 5.32 Å². The maximum atomic E-state index is 12.9. The number of carbonyl (C=O) groups is 1. The van der Waals surface area contributed by atoms with Gasteiger partial charge in [0.2, 0.25) is 0 Å². The number of amides is 1. The molecule has 1 N–H and O–H groups in total. The minimum Gasteiger partial charge on any atom is -0.379 e. The maximum absolute atomic E-state index is 12.9. The first-order chi connectivity index (χ1) is 13.7. The van der Waals surface area contributed by atoms with Gasteiger partial charge < -0.3 is 14.5 Å². The topological polar surface area (TPSA) is 58.9 Å². The van der Waals surface area contributed by atoms with Gasteiger partial charge in [-0.3, -0.25) is 9.69 Å². The van der Waals surface area contributed by atoms with Crippen molar-refractivity contribution in [2.75, 3.05) is 32.8 Å². The van der Waals surface area contributed by atoms with E-state index in [-0.39, 0.29) is 11.9 Å². The second-order valence-electron chi connectivity index (χ2n) is 7.23. The lowest BCUT2D eigenvalue weighted by Gasteiger charge is -2.28. The maximum Gasteiger partial charge on any atom is 0.271 e. The summed E-state index contributed by atoms with van der Waals surface area (Å²) >= 11 is 0. The Bertz CT molecular complexity index is 932. The van der Waals surface area contributed by atoms with Crippen LogP contribution in [-0.4, -0.2) is 53.0 Å². The Kier molecular flexibility index (Phi) is 5.69. The highest BCUT2D eigenvalue weighted by atomic mass is 16.5. The molecule has 0 spiro atoms. The molecule has 1 amide bonds. The lowest BCUT2D eigenvalue weighted by Crippen LogP contribution is -2.39. The Labute approximate surface area is 165 Å². The van der Waals surface area contributed by atoms with Gasteiger partial charge in [-0.15, -0.1) is 0 Å². The standard InChI is InChI=1S/C22H26N4O2/c1-17-6-5-10-26-16-20(23-21(17)26)22(27)24-19(18-7-3-2-4-8-18)9-11-25-12-14-28-15-13-25/h2-8,10,16,19H,9,11-15H2,1H3,(H,24,27)/t19-/m0/s1. The molecule has 1 atom stereocenters. The molecule has 1 saturated heterocycles. The number of ether oxygens (including phenoxy) is 1. The number of rotatable bonds is 6. The molecule has 0 unspecified atom stereocenters. The number of aromatic nitrogens is 2. The second kappa shape index (κ2) is 8.54. The lowest BCUT2D eigenvalue weighted by molar-refractivity contribution is 0.0360. The summed E-state index contributed by atoms with van der Waals surface area (Å²) in [4.78, 5) is 19.9. The molecule has 2 aromatic heterocycles. The molecule has 3 aromatic rings. The predicted molar refractivity (Wildman–Crippen MR) is 108 cm³/mol. The van der Waals surface area contributed by atoms with Crippen molar-refractivity contribution >= 4 is 11.6 Å². The smallest absolute Gasteiger partial charge is 0.271 e. The number of imidazole rings is 1. The number of carbonyl (C=O) groups excluding carboxylic acids is 1. The van der Waals surface area contributed by atoms with Crippen LogP contribution in [0.1, 0.15) is 34.1 Å². The van der Waals surface area contributed by atoms with Crippen molar-refractivity contribution in [2.24, 2.45) is 0 Å². The molecular weight excluding hydrogens is 352 g/mol. The first kappa shape index (κ1) is 18.7. The van der Waals surface area contributed by atoms with Crippen LogP contribution in [0.3, 0.4) is 0 Å².